The van der Waals surface area contributed by atoms with Crippen molar-refractivity contribution in [1.29, 1.82) is 0 Å². The monoisotopic (exact) mass is 418 g/mol. The first-order valence-corrected chi connectivity index (χ1v) is 10.3. The summed E-state index contributed by atoms with van der Waals surface area (Å²) in [5.41, 5.74) is 5.05. The lowest BCUT2D eigenvalue weighted by molar-refractivity contribution is 0.122. The van der Waals surface area contributed by atoms with E-state index in [0.29, 0.717) is 19.8 Å². The zero-order chi connectivity index (χ0) is 21.4. The second kappa shape index (κ2) is 8.00. The molecule has 0 radical (unpaired) electrons. The minimum Gasteiger partial charge on any atom is -0.378 e. The number of benzene rings is 1. The molecule has 4 aromatic rings. The van der Waals surface area contributed by atoms with Crippen LogP contribution in [-0.2, 0) is 11.3 Å². The van der Waals surface area contributed by atoms with Gasteiger partial charge in [-0.1, -0.05) is 6.07 Å². The Labute approximate surface area is 178 Å². The van der Waals surface area contributed by atoms with Crippen LogP contribution in [0.3, 0.4) is 0 Å². The van der Waals surface area contributed by atoms with Crippen LogP contribution >= 0.6 is 0 Å². The van der Waals surface area contributed by atoms with Gasteiger partial charge in [-0.15, -0.1) is 0 Å². The fourth-order valence-electron chi connectivity index (χ4n) is 4.13. The van der Waals surface area contributed by atoms with Crippen LogP contribution in [0.1, 0.15) is 11.1 Å². The van der Waals surface area contributed by atoms with Crippen molar-refractivity contribution in [3.63, 3.8) is 0 Å². The number of rotatable bonds is 4. The number of hydrogen-bond donors (Lipinski definition) is 1. The summed E-state index contributed by atoms with van der Waals surface area (Å²) >= 11 is 0. The van der Waals surface area contributed by atoms with Crippen molar-refractivity contribution in [3.05, 3.63) is 82.3 Å². The summed E-state index contributed by atoms with van der Waals surface area (Å²) in [7, 11) is 0. The molecule has 0 bridgehead atoms. The van der Waals surface area contributed by atoms with Gasteiger partial charge in [0.05, 0.1) is 31.6 Å². The number of ether oxygens (including phenoxy) is 1. The molecular weight excluding hydrogens is 395 g/mol. The Bertz CT molecular complexity index is 1280. The second-order valence-electron chi connectivity index (χ2n) is 7.91. The molecule has 1 saturated heterocycles. The fraction of sp³-hybridized carbons (Fsp3) is 0.250. The Morgan fingerprint density at radius 1 is 1.16 bits per heavy atom. The molecule has 0 spiro atoms. The van der Waals surface area contributed by atoms with E-state index in [1.54, 1.807) is 16.8 Å². The van der Waals surface area contributed by atoms with Crippen molar-refractivity contribution in [2.24, 2.45) is 0 Å². The normalized spacial score (nSPS) is 14.3. The molecule has 5 rings (SSSR count). The first-order valence-electron chi connectivity index (χ1n) is 10.3. The number of morpholine rings is 1. The number of hydrogen-bond acceptors (Lipinski definition) is 4. The third kappa shape index (κ3) is 3.96. The Kier molecular flexibility index (Phi) is 5.03. The molecule has 0 unspecified atom stereocenters. The van der Waals surface area contributed by atoms with Gasteiger partial charge >= 0.3 is 0 Å². The van der Waals surface area contributed by atoms with Gasteiger partial charge in [-0.05, 0) is 47.9 Å². The average molecular weight is 418 g/mol. The standard InChI is InChI=1S/C24H23FN4O2/c1-16-8-17(10-19(25)9-16)15-29-3-2-18(11-23(29)30)22-14-27-24-21(22)12-20(13-26-24)28-4-6-31-7-5-28/h2-3,8-14H,4-7,15H2,1H3,(H,26,27). The minimum absolute atomic E-state index is 0.133. The number of anilines is 1. The highest BCUT2D eigenvalue weighted by atomic mass is 19.1. The molecule has 1 aliphatic heterocycles. The van der Waals surface area contributed by atoms with E-state index in [4.69, 9.17) is 4.74 Å². The van der Waals surface area contributed by atoms with Crippen molar-refractivity contribution < 1.29 is 9.13 Å². The van der Waals surface area contributed by atoms with Gasteiger partial charge < -0.3 is 19.2 Å². The molecule has 158 valence electrons. The first kappa shape index (κ1) is 19.5. The minimum atomic E-state index is -0.290. The summed E-state index contributed by atoms with van der Waals surface area (Å²) in [4.78, 5) is 22.8. The lowest BCUT2D eigenvalue weighted by Gasteiger charge is -2.28. The Morgan fingerprint density at radius 3 is 2.77 bits per heavy atom. The van der Waals surface area contributed by atoms with E-state index in [9.17, 15) is 9.18 Å². The molecule has 1 fully saturated rings. The lowest BCUT2D eigenvalue weighted by Crippen LogP contribution is -2.36. The first-order chi connectivity index (χ1) is 15.1. The molecule has 1 aliphatic rings. The molecule has 1 N–H and O–H groups in total. The molecule has 4 heterocycles. The quantitative estimate of drug-likeness (QED) is 0.549. The number of halogens is 1. The molecule has 0 amide bonds. The maximum Gasteiger partial charge on any atom is 0.251 e. The number of nitrogens with one attached hydrogen (secondary N) is 1. The summed E-state index contributed by atoms with van der Waals surface area (Å²) in [6.45, 7) is 5.26. The van der Waals surface area contributed by atoms with Crippen molar-refractivity contribution >= 4 is 16.7 Å². The van der Waals surface area contributed by atoms with Crippen LogP contribution in [0.4, 0.5) is 10.1 Å². The van der Waals surface area contributed by atoms with E-state index in [1.165, 1.54) is 12.1 Å². The van der Waals surface area contributed by atoms with Crippen molar-refractivity contribution in [3.8, 4) is 11.1 Å². The van der Waals surface area contributed by atoms with Gasteiger partial charge in [0.1, 0.15) is 11.5 Å². The number of aryl methyl sites for hydroxylation is 1. The van der Waals surface area contributed by atoms with E-state index in [2.05, 4.69) is 20.9 Å². The van der Waals surface area contributed by atoms with Gasteiger partial charge in [-0.3, -0.25) is 4.79 Å². The Morgan fingerprint density at radius 2 is 2.00 bits per heavy atom. The van der Waals surface area contributed by atoms with Crippen molar-refractivity contribution in [2.45, 2.75) is 13.5 Å². The molecular formula is C24H23FN4O2. The average Bonchev–Trinajstić information content (AvgIpc) is 3.18. The molecule has 3 aromatic heterocycles. The van der Waals surface area contributed by atoms with Crippen LogP contribution in [0.25, 0.3) is 22.2 Å². The highest BCUT2D eigenvalue weighted by molar-refractivity contribution is 5.95. The van der Waals surface area contributed by atoms with E-state index >= 15 is 0 Å². The molecule has 7 heteroatoms. The molecule has 6 nitrogen and oxygen atoms in total. The van der Waals surface area contributed by atoms with Gasteiger partial charge in [0.2, 0.25) is 0 Å². The molecule has 0 saturated carbocycles. The van der Waals surface area contributed by atoms with Crippen LogP contribution < -0.4 is 10.5 Å². The maximum atomic E-state index is 13.7. The number of aromatic amines is 1. The predicted molar refractivity (Wildman–Crippen MR) is 119 cm³/mol. The Hall–Kier alpha value is -3.45. The summed E-state index contributed by atoms with van der Waals surface area (Å²) in [6, 6.07) is 10.5. The number of aromatic nitrogens is 3. The lowest BCUT2D eigenvalue weighted by atomic mass is 10.1. The topological polar surface area (TPSA) is 63.1 Å². The Balaban J connectivity index is 1.47. The zero-order valence-corrected chi connectivity index (χ0v) is 17.3. The smallest absolute Gasteiger partial charge is 0.251 e. The van der Waals surface area contributed by atoms with E-state index < -0.39 is 0 Å². The van der Waals surface area contributed by atoms with Crippen LogP contribution in [0.15, 0.2) is 59.8 Å². The second-order valence-corrected chi connectivity index (χ2v) is 7.91. The SMILES string of the molecule is Cc1cc(F)cc(Cn2ccc(-c3c[nH]c4ncc(N5CCOCC5)cc34)cc2=O)c1. The van der Waals surface area contributed by atoms with Crippen LogP contribution in [0.2, 0.25) is 0 Å². The van der Waals surface area contributed by atoms with Crippen molar-refractivity contribution in [1.82, 2.24) is 14.5 Å². The third-order valence-corrected chi connectivity index (χ3v) is 5.65. The summed E-state index contributed by atoms with van der Waals surface area (Å²) < 4.78 is 20.7. The van der Waals surface area contributed by atoms with Gasteiger partial charge in [0.25, 0.3) is 5.56 Å². The zero-order valence-electron chi connectivity index (χ0n) is 17.3. The molecule has 31 heavy (non-hydrogen) atoms. The highest BCUT2D eigenvalue weighted by Crippen LogP contribution is 2.30. The number of H-pyrrole nitrogens is 1. The highest BCUT2D eigenvalue weighted by Gasteiger charge is 2.15. The molecule has 0 aliphatic carbocycles. The molecule has 1 aromatic carbocycles. The summed E-state index contributed by atoms with van der Waals surface area (Å²) in [5.74, 6) is -0.290. The number of nitrogens with zero attached hydrogens (tertiary/aromatic N) is 3. The van der Waals surface area contributed by atoms with E-state index in [1.807, 2.05) is 31.5 Å². The van der Waals surface area contributed by atoms with Gasteiger partial charge in [0, 0.05) is 42.5 Å². The number of pyridine rings is 2. The fourth-order valence-corrected chi connectivity index (χ4v) is 4.13. The van der Waals surface area contributed by atoms with Crippen LogP contribution in [-0.4, -0.2) is 40.8 Å². The maximum absolute atomic E-state index is 13.7. The van der Waals surface area contributed by atoms with E-state index in [0.717, 1.165) is 52.1 Å². The van der Waals surface area contributed by atoms with Crippen molar-refractivity contribution in [2.75, 3.05) is 31.2 Å². The van der Waals surface area contributed by atoms with Gasteiger partial charge in [-0.25, -0.2) is 9.37 Å². The van der Waals surface area contributed by atoms with Crippen LogP contribution in [0, 0.1) is 12.7 Å². The molecule has 0 atom stereocenters. The van der Waals surface area contributed by atoms with Gasteiger partial charge in [-0.2, -0.15) is 0 Å². The van der Waals surface area contributed by atoms with E-state index in [-0.39, 0.29) is 11.4 Å². The summed E-state index contributed by atoms with van der Waals surface area (Å²) in [6.07, 6.45) is 5.51. The predicted octanol–water partition coefficient (Wildman–Crippen LogP) is 3.72. The van der Waals surface area contributed by atoms with Gasteiger partial charge in [0.15, 0.2) is 0 Å². The number of fused-ring (bicyclic) bond motifs is 1. The summed E-state index contributed by atoms with van der Waals surface area (Å²) in [5, 5.41) is 0.974. The third-order valence-electron chi connectivity index (χ3n) is 5.65. The van der Waals surface area contributed by atoms with Crippen LogP contribution in [0.5, 0.6) is 0 Å². The largest absolute Gasteiger partial charge is 0.378 e.